The molecule has 3 aromatic rings. The second-order valence-corrected chi connectivity index (χ2v) is 4.42. The third-order valence-corrected chi connectivity index (χ3v) is 3.01. The molecule has 0 amide bonds. The average Bonchev–Trinajstić information content (AvgIpc) is 2.76. The van der Waals surface area contributed by atoms with Crippen molar-refractivity contribution >= 4 is 16.8 Å². The number of benzene rings is 1. The Balaban J connectivity index is 2.24. The number of aromatic nitrogens is 2. The van der Waals surface area contributed by atoms with Crippen LogP contribution in [0.15, 0.2) is 28.7 Å². The number of furan rings is 1. The van der Waals surface area contributed by atoms with Crippen LogP contribution in [-0.2, 0) is 0 Å². The molecule has 0 aliphatic heterocycles. The first-order valence-electron chi connectivity index (χ1n) is 5.85. The summed E-state index contributed by atoms with van der Waals surface area (Å²) in [6.45, 7) is 3.60. The minimum absolute atomic E-state index is 0.296. The van der Waals surface area contributed by atoms with Gasteiger partial charge >= 0.3 is 0 Å². The predicted molar refractivity (Wildman–Crippen MR) is 71.1 cm³/mol. The maximum Gasteiger partial charge on any atom is 0.154 e. The van der Waals surface area contributed by atoms with Crippen molar-refractivity contribution in [1.29, 1.82) is 0 Å². The van der Waals surface area contributed by atoms with Crippen molar-refractivity contribution in [1.82, 2.24) is 9.97 Å². The van der Waals surface area contributed by atoms with E-state index in [-0.39, 0.29) is 5.82 Å². The number of hydrogen-bond donors (Lipinski definition) is 1. The highest BCUT2D eigenvalue weighted by molar-refractivity contribution is 5.83. The molecule has 0 radical (unpaired) electrons. The van der Waals surface area contributed by atoms with Gasteiger partial charge in [0.2, 0.25) is 0 Å². The van der Waals surface area contributed by atoms with Crippen molar-refractivity contribution in [2.24, 2.45) is 0 Å². The first-order chi connectivity index (χ1) is 9.04. The first kappa shape index (κ1) is 11.6. The number of aryl methyl sites for hydroxylation is 1. The zero-order chi connectivity index (χ0) is 13.6. The Morgan fingerprint density at radius 1 is 1.16 bits per heavy atom. The summed E-state index contributed by atoms with van der Waals surface area (Å²) in [6.07, 6.45) is 0. The topological polar surface area (TPSA) is 64.9 Å². The van der Waals surface area contributed by atoms with Crippen LogP contribution in [0.5, 0.6) is 0 Å². The van der Waals surface area contributed by atoms with Crippen molar-refractivity contribution in [3.8, 4) is 11.5 Å². The van der Waals surface area contributed by atoms with Gasteiger partial charge in [0.25, 0.3) is 0 Å². The van der Waals surface area contributed by atoms with Crippen LogP contribution < -0.4 is 5.73 Å². The van der Waals surface area contributed by atoms with Crippen LogP contribution >= 0.6 is 0 Å². The van der Waals surface area contributed by atoms with E-state index in [1.165, 1.54) is 12.1 Å². The van der Waals surface area contributed by atoms with Crippen LogP contribution in [0, 0.1) is 19.7 Å². The highest BCUT2D eigenvalue weighted by atomic mass is 19.1. The molecule has 0 saturated carbocycles. The summed E-state index contributed by atoms with van der Waals surface area (Å²) in [5.41, 5.74) is 7.84. The van der Waals surface area contributed by atoms with Crippen LogP contribution in [0.2, 0.25) is 0 Å². The van der Waals surface area contributed by atoms with Gasteiger partial charge in [-0.1, -0.05) is 0 Å². The fourth-order valence-corrected chi connectivity index (χ4v) is 2.02. The van der Waals surface area contributed by atoms with Crippen LogP contribution in [0.25, 0.3) is 22.4 Å². The third-order valence-electron chi connectivity index (χ3n) is 3.01. The molecule has 0 atom stereocenters. The van der Waals surface area contributed by atoms with E-state index in [0.29, 0.717) is 34.1 Å². The van der Waals surface area contributed by atoms with Crippen molar-refractivity contribution in [2.45, 2.75) is 13.8 Å². The number of anilines is 1. The van der Waals surface area contributed by atoms with E-state index in [0.717, 1.165) is 5.56 Å². The van der Waals surface area contributed by atoms with E-state index in [4.69, 9.17) is 10.2 Å². The molecule has 4 nitrogen and oxygen atoms in total. The lowest BCUT2D eigenvalue weighted by Gasteiger charge is -2.05. The van der Waals surface area contributed by atoms with Gasteiger partial charge in [0, 0.05) is 10.9 Å². The fraction of sp³-hybridized carbons (Fsp3) is 0.143. The van der Waals surface area contributed by atoms with Crippen molar-refractivity contribution in [3.05, 3.63) is 41.5 Å². The first-order valence-corrected chi connectivity index (χ1v) is 5.85. The molecule has 0 bridgehead atoms. The molecule has 0 unspecified atom stereocenters. The molecule has 3 rings (SSSR count). The summed E-state index contributed by atoms with van der Waals surface area (Å²) in [6, 6.07) is 6.14. The number of nitrogen functional groups attached to an aromatic ring is 1. The zero-order valence-electron chi connectivity index (χ0n) is 10.6. The molecule has 0 saturated heterocycles. The molecule has 0 fully saturated rings. The van der Waals surface area contributed by atoms with Gasteiger partial charge in [-0.25, -0.2) is 14.4 Å². The largest absolute Gasteiger partial charge is 0.454 e. The molecule has 2 aromatic heterocycles. The van der Waals surface area contributed by atoms with Crippen molar-refractivity contribution < 1.29 is 8.81 Å². The Bertz CT molecular complexity index is 780. The van der Waals surface area contributed by atoms with E-state index >= 15 is 0 Å². The van der Waals surface area contributed by atoms with E-state index in [9.17, 15) is 4.39 Å². The average molecular weight is 257 g/mol. The van der Waals surface area contributed by atoms with Gasteiger partial charge in [0.05, 0.1) is 0 Å². The summed E-state index contributed by atoms with van der Waals surface area (Å²) in [5, 5.41) is 0.698. The Kier molecular flexibility index (Phi) is 2.48. The van der Waals surface area contributed by atoms with Crippen molar-refractivity contribution in [3.63, 3.8) is 0 Å². The highest BCUT2D eigenvalue weighted by Gasteiger charge is 2.14. The maximum atomic E-state index is 13.2. The van der Waals surface area contributed by atoms with Gasteiger partial charge in [-0.05, 0) is 38.1 Å². The molecule has 1 aromatic carbocycles. The highest BCUT2D eigenvalue weighted by Crippen LogP contribution is 2.30. The standard InChI is InChI=1S/C14H12FN3O/c1-7-13(17-8(2)18-14(7)16)12-6-9-5-10(15)3-4-11(9)19-12/h3-6H,1-2H3,(H2,16,17,18). The minimum Gasteiger partial charge on any atom is -0.454 e. The normalized spacial score (nSPS) is 11.1. The SMILES string of the molecule is Cc1nc(N)c(C)c(-c2cc3cc(F)ccc3o2)n1. The smallest absolute Gasteiger partial charge is 0.154 e. The lowest BCUT2D eigenvalue weighted by molar-refractivity contribution is 0.617. The van der Waals surface area contributed by atoms with Gasteiger partial charge in [0.15, 0.2) is 5.76 Å². The molecule has 96 valence electrons. The van der Waals surface area contributed by atoms with E-state index in [2.05, 4.69) is 9.97 Å². The second kappa shape index (κ2) is 4.05. The van der Waals surface area contributed by atoms with Crippen LogP contribution in [0.4, 0.5) is 10.2 Å². The Labute approximate surface area is 109 Å². The van der Waals surface area contributed by atoms with Gasteiger partial charge < -0.3 is 10.2 Å². The Hall–Kier alpha value is -2.43. The van der Waals surface area contributed by atoms with E-state index < -0.39 is 0 Å². The molecule has 5 heteroatoms. The van der Waals surface area contributed by atoms with E-state index in [1.807, 2.05) is 6.92 Å². The number of halogens is 1. The van der Waals surface area contributed by atoms with Gasteiger partial charge in [-0.2, -0.15) is 0 Å². The lowest BCUT2D eigenvalue weighted by atomic mass is 10.1. The maximum absolute atomic E-state index is 13.2. The molecular weight excluding hydrogens is 245 g/mol. The monoisotopic (exact) mass is 257 g/mol. The molecule has 19 heavy (non-hydrogen) atoms. The summed E-state index contributed by atoms with van der Waals surface area (Å²) in [4.78, 5) is 8.44. The third kappa shape index (κ3) is 1.93. The Morgan fingerprint density at radius 2 is 1.95 bits per heavy atom. The molecule has 2 N–H and O–H groups in total. The number of nitrogens with zero attached hydrogens (tertiary/aromatic N) is 2. The van der Waals surface area contributed by atoms with Crippen molar-refractivity contribution in [2.75, 3.05) is 5.73 Å². The minimum atomic E-state index is -0.296. The molecule has 2 heterocycles. The van der Waals surface area contributed by atoms with Crippen LogP contribution in [0.1, 0.15) is 11.4 Å². The van der Waals surface area contributed by atoms with E-state index in [1.54, 1.807) is 19.1 Å². The molecule has 0 aliphatic rings. The van der Waals surface area contributed by atoms with Gasteiger partial charge in [-0.15, -0.1) is 0 Å². The summed E-state index contributed by atoms with van der Waals surface area (Å²) in [5.74, 6) is 1.27. The quantitative estimate of drug-likeness (QED) is 0.726. The zero-order valence-corrected chi connectivity index (χ0v) is 10.6. The fourth-order valence-electron chi connectivity index (χ4n) is 2.02. The van der Waals surface area contributed by atoms with Gasteiger partial charge in [-0.3, -0.25) is 0 Å². The lowest BCUT2D eigenvalue weighted by Crippen LogP contribution is -2.01. The summed E-state index contributed by atoms with van der Waals surface area (Å²) < 4.78 is 18.9. The summed E-state index contributed by atoms with van der Waals surface area (Å²) >= 11 is 0. The van der Waals surface area contributed by atoms with Crippen LogP contribution in [-0.4, -0.2) is 9.97 Å². The Morgan fingerprint density at radius 3 is 2.74 bits per heavy atom. The molecular formula is C14H12FN3O. The number of nitrogens with two attached hydrogens (primary N) is 1. The molecule has 0 spiro atoms. The summed E-state index contributed by atoms with van der Waals surface area (Å²) in [7, 11) is 0. The number of rotatable bonds is 1. The second-order valence-electron chi connectivity index (χ2n) is 4.42. The predicted octanol–water partition coefficient (Wildman–Crippen LogP) is 3.23. The number of hydrogen-bond acceptors (Lipinski definition) is 4. The number of fused-ring (bicyclic) bond motifs is 1. The molecule has 0 aliphatic carbocycles. The van der Waals surface area contributed by atoms with Gasteiger partial charge in [0.1, 0.15) is 28.7 Å². The van der Waals surface area contributed by atoms with Crippen LogP contribution in [0.3, 0.4) is 0 Å².